The molecule has 0 saturated carbocycles. The third kappa shape index (κ3) is 2.20. The Bertz CT molecular complexity index is 233. The Labute approximate surface area is 81.1 Å². The monoisotopic (exact) mass is 254 g/mol. The van der Waals surface area contributed by atoms with Gasteiger partial charge in [0.25, 0.3) is 0 Å². The normalized spacial score (nSPS) is 13.0. The molecule has 2 N–H and O–H groups in total. The molecule has 0 saturated heterocycles. The maximum atomic E-state index is 5.80. The van der Waals surface area contributed by atoms with Crippen molar-refractivity contribution in [3.05, 3.63) is 35.4 Å². The topological polar surface area (TPSA) is 26.0 Å². The van der Waals surface area contributed by atoms with Gasteiger partial charge in [0.2, 0.25) is 0 Å². The van der Waals surface area contributed by atoms with Gasteiger partial charge in [-0.25, -0.2) is 0 Å². The van der Waals surface area contributed by atoms with Crippen molar-refractivity contribution >= 4 is 22.5 Å². The standard InChI is InChI=1S/C9H12N.Sn/c1-7-5-3-4-6-9(7)8(2)10;/h3-6,8H,1,10H2,2H3;. The van der Waals surface area contributed by atoms with E-state index in [4.69, 9.17) is 5.73 Å². The molecule has 1 aromatic carbocycles. The van der Waals surface area contributed by atoms with Crippen LogP contribution < -0.4 is 5.73 Å². The Morgan fingerprint density at radius 1 is 1.45 bits per heavy atom. The molecule has 1 aromatic rings. The summed E-state index contributed by atoms with van der Waals surface area (Å²) in [5, 5.41) is 0. The van der Waals surface area contributed by atoms with Gasteiger partial charge < -0.3 is 0 Å². The van der Waals surface area contributed by atoms with E-state index in [1.165, 1.54) is 11.1 Å². The first-order chi connectivity index (χ1) is 5.25. The first-order valence-corrected chi connectivity index (χ1v) is 5.75. The van der Waals surface area contributed by atoms with E-state index in [1.807, 2.05) is 13.0 Å². The molecule has 2 heteroatoms. The van der Waals surface area contributed by atoms with Crippen molar-refractivity contribution in [1.82, 2.24) is 0 Å². The van der Waals surface area contributed by atoms with Crippen LogP contribution in [0.15, 0.2) is 24.3 Å². The van der Waals surface area contributed by atoms with Crippen molar-refractivity contribution in [1.29, 1.82) is 0 Å². The molecule has 1 atom stereocenters. The maximum absolute atomic E-state index is 5.80. The molecular formula is C9H12NSn. The molecule has 1 unspecified atom stereocenters. The number of benzene rings is 1. The van der Waals surface area contributed by atoms with Crippen LogP contribution in [0.3, 0.4) is 0 Å². The number of rotatable bonds is 2. The third-order valence-corrected chi connectivity index (χ3v) is 2.82. The Kier molecular flexibility index (Phi) is 3.39. The van der Waals surface area contributed by atoms with E-state index < -0.39 is 0 Å². The van der Waals surface area contributed by atoms with Gasteiger partial charge in [0, 0.05) is 0 Å². The molecular weight excluding hydrogens is 241 g/mol. The molecule has 0 aliphatic rings. The summed E-state index contributed by atoms with van der Waals surface area (Å²) in [7, 11) is 0. The van der Waals surface area contributed by atoms with Gasteiger partial charge in [-0.3, -0.25) is 0 Å². The second kappa shape index (κ2) is 4.12. The van der Waals surface area contributed by atoms with Crippen molar-refractivity contribution in [3.8, 4) is 0 Å². The van der Waals surface area contributed by atoms with Crippen LogP contribution in [0.2, 0.25) is 0 Å². The van der Waals surface area contributed by atoms with Crippen LogP contribution in [0.5, 0.6) is 0 Å². The molecule has 0 heterocycles. The van der Waals surface area contributed by atoms with E-state index >= 15 is 0 Å². The van der Waals surface area contributed by atoms with Crippen LogP contribution in [-0.4, -0.2) is 22.5 Å². The van der Waals surface area contributed by atoms with Gasteiger partial charge in [-0.1, -0.05) is 0 Å². The summed E-state index contributed by atoms with van der Waals surface area (Å²) < 4.78 is 1.16. The molecule has 0 fully saturated rings. The van der Waals surface area contributed by atoms with Crippen LogP contribution >= 0.6 is 0 Å². The fourth-order valence-electron chi connectivity index (χ4n) is 1.14. The molecule has 3 radical (unpaired) electrons. The quantitative estimate of drug-likeness (QED) is 0.791. The van der Waals surface area contributed by atoms with Crippen molar-refractivity contribution in [2.24, 2.45) is 5.73 Å². The minimum atomic E-state index is 0.173. The Hall–Kier alpha value is -0.0213. The molecule has 0 aliphatic carbocycles. The van der Waals surface area contributed by atoms with Gasteiger partial charge in [-0.15, -0.1) is 0 Å². The summed E-state index contributed by atoms with van der Waals surface area (Å²) in [4.78, 5) is 0. The summed E-state index contributed by atoms with van der Waals surface area (Å²) in [6.45, 7) is 2.03. The molecule has 1 rings (SSSR count). The molecule has 0 aromatic heterocycles. The zero-order valence-corrected chi connectivity index (χ0v) is 9.53. The van der Waals surface area contributed by atoms with Crippen LogP contribution in [0.25, 0.3) is 0 Å². The summed E-state index contributed by atoms with van der Waals surface area (Å²) >= 11 is 1.55. The van der Waals surface area contributed by atoms with Crippen molar-refractivity contribution in [2.45, 2.75) is 17.4 Å². The van der Waals surface area contributed by atoms with Crippen LogP contribution in [0.1, 0.15) is 24.1 Å². The molecule has 0 spiro atoms. The average Bonchev–Trinajstić information content (AvgIpc) is 2.04. The first kappa shape index (κ1) is 9.07. The van der Waals surface area contributed by atoms with E-state index in [1.54, 1.807) is 22.5 Å². The summed E-state index contributed by atoms with van der Waals surface area (Å²) in [5.41, 5.74) is 8.50. The van der Waals surface area contributed by atoms with E-state index in [0.29, 0.717) is 0 Å². The van der Waals surface area contributed by atoms with Crippen LogP contribution in [-0.2, 0) is 4.44 Å². The Balaban J connectivity index is 3.02. The van der Waals surface area contributed by atoms with Crippen molar-refractivity contribution in [3.63, 3.8) is 0 Å². The molecule has 1 nitrogen and oxygen atoms in total. The van der Waals surface area contributed by atoms with Crippen LogP contribution in [0, 0.1) is 0 Å². The first-order valence-electron chi connectivity index (χ1n) is 3.73. The zero-order valence-electron chi connectivity index (χ0n) is 6.67. The van der Waals surface area contributed by atoms with Gasteiger partial charge in [0.05, 0.1) is 0 Å². The molecule has 0 aliphatic heterocycles. The van der Waals surface area contributed by atoms with Gasteiger partial charge in [0.15, 0.2) is 0 Å². The molecule has 0 amide bonds. The second-order valence-electron chi connectivity index (χ2n) is 2.66. The van der Waals surface area contributed by atoms with E-state index in [9.17, 15) is 0 Å². The zero-order chi connectivity index (χ0) is 8.27. The third-order valence-electron chi connectivity index (χ3n) is 1.74. The Morgan fingerprint density at radius 2 is 2.09 bits per heavy atom. The van der Waals surface area contributed by atoms with E-state index in [2.05, 4.69) is 18.2 Å². The number of hydrogen-bond donors (Lipinski definition) is 1. The van der Waals surface area contributed by atoms with E-state index in [-0.39, 0.29) is 6.04 Å². The van der Waals surface area contributed by atoms with Crippen LogP contribution in [0.4, 0.5) is 0 Å². The van der Waals surface area contributed by atoms with Crippen molar-refractivity contribution in [2.75, 3.05) is 0 Å². The number of nitrogens with two attached hydrogens (primary N) is 1. The van der Waals surface area contributed by atoms with Gasteiger partial charge >= 0.3 is 81.1 Å². The average molecular weight is 253 g/mol. The molecule has 11 heavy (non-hydrogen) atoms. The summed E-state index contributed by atoms with van der Waals surface area (Å²) in [6, 6.07) is 8.57. The predicted octanol–water partition coefficient (Wildman–Crippen LogP) is 1.37. The minimum absolute atomic E-state index is 0.173. The SMILES string of the molecule is CC(N)c1ccccc1[CH2][Sn]. The fraction of sp³-hybridized carbons (Fsp3) is 0.333. The Morgan fingerprint density at radius 3 is 2.55 bits per heavy atom. The van der Waals surface area contributed by atoms with Gasteiger partial charge in [0.1, 0.15) is 0 Å². The van der Waals surface area contributed by atoms with Gasteiger partial charge in [-0.05, 0) is 0 Å². The fourth-order valence-corrected chi connectivity index (χ4v) is 2.06. The second-order valence-corrected chi connectivity index (χ2v) is 3.67. The molecule has 57 valence electrons. The van der Waals surface area contributed by atoms with Crippen molar-refractivity contribution < 1.29 is 0 Å². The summed E-state index contributed by atoms with van der Waals surface area (Å²) in [6.07, 6.45) is 0. The summed E-state index contributed by atoms with van der Waals surface area (Å²) in [5.74, 6) is 0. The number of hydrogen-bond acceptors (Lipinski definition) is 1. The van der Waals surface area contributed by atoms with E-state index in [0.717, 1.165) is 4.44 Å². The molecule has 0 bridgehead atoms. The predicted molar refractivity (Wildman–Crippen MR) is 48.5 cm³/mol. The van der Waals surface area contributed by atoms with Gasteiger partial charge in [-0.2, -0.15) is 0 Å².